The Balaban J connectivity index is 1.30. The van der Waals surface area contributed by atoms with Gasteiger partial charge in [0.1, 0.15) is 0 Å². The van der Waals surface area contributed by atoms with Crippen LogP contribution in [-0.2, 0) is 24.2 Å². The second kappa shape index (κ2) is 10.2. The highest BCUT2D eigenvalue weighted by atomic mass is 35.5. The van der Waals surface area contributed by atoms with Crippen molar-refractivity contribution < 1.29 is 4.79 Å². The van der Waals surface area contributed by atoms with Gasteiger partial charge in [-0.2, -0.15) is 0 Å². The number of carbonyl (C=O) groups excluding carboxylic acids is 1. The fraction of sp³-hybridized carbons (Fsp3) is 0.346. The van der Waals surface area contributed by atoms with E-state index in [1.807, 2.05) is 67.8 Å². The second-order valence-electron chi connectivity index (χ2n) is 8.62. The third-order valence-electron chi connectivity index (χ3n) is 5.92. The number of aryl methyl sites for hydroxylation is 1. The number of nitrogens with zero attached hydrogens (tertiary/aromatic N) is 3. The van der Waals surface area contributed by atoms with Crippen LogP contribution >= 0.6 is 11.6 Å². The molecule has 2 atom stereocenters. The average molecular weight is 449 g/mol. The van der Waals surface area contributed by atoms with Gasteiger partial charge in [-0.05, 0) is 49.4 Å². The molecular weight excluding hydrogens is 420 g/mol. The number of aromatic nitrogens is 2. The van der Waals surface area contributed by atoms with Gasteiger partial charge in [0, 0.05) is 54.6 Å². The maximum atomic E-state index is 12.7. The number of carbonyl (C=O) groups is 1. The molecule has 5 nitrogen and oxygen atoms in total. The van der Waals surface area contributed by atoms with Crippen molar-refractivity contribution >= 4 is 17.5 Å². The molecule has 2 unspecified atom stereocenters. The summed E-state index contributed by atoms with van der Waals surface area (Å²) in [4.78, 5) is 23.8. The van der Waals surface area contributed by atoms with Crippen LogP contribution in [0.4, 0.5) is 0 Å². The van der Waals surface area contributed by atoms with Crippen LogP contribution < -0.4 is 5.32 Å². The van der Waals surface area contributed by atoms with Crippen molar-refractivity contribution in [2.75, 3.05) is 7.05 Å². The van der Waals surface area contributed by atoms with E-state index in [-0.39, 0.29) is 11.9 Å². The Morgan fingerprint density at radius 3 is 2.81 bits per heavy atom. The molecule has 166 valence electrons. The molecule has 4 rings (SSSR count). The first-order valence-corrected chi connectivity index (χ1v) is 11.5. The van der Waals surface area contributed by atoms with E-state index in [0.29, 0.717) is 24.0 Å². The number of amides is 1. The SMILES string of the molecule is CC(CC(=O)N(C)Cc1cccc(Cl)c1)NC1CCc2nc(-c3ccccc3)ncc2C1. The fourth-order valence-corrected chi connectivity index (χ4v) is 4.47. The minimum Gasteiger partial charge on any atom is -0.341 e. The summed E-state index contributed by atoms with van der Waals surface area (Å²) in [5, 5.41) is 4.33. The molecule has 0 aliphatic heterocycles. The van der Waals surface area contributed by atoms with Crippen LogP contribution in [0.5, 0.6) is 0 Å². The Morgan fingerprint density at radius 2 is 2.03 bits per heavy atom. The molecular formula is C26H29ClN4O. The van der Waals surface area contributed by atoms with E-state index < -0.39 is 0 Å². The fourth-order valence-electron chi connectivity index (χ4n) is 4.25. The highest BCUT2D eigenvalue weighted by Gasteiger charge is 2.23. The summed E-state index contributed by atoms with van der Waals surface area (Å²) >= 11 is 6.05. The molecule has 0 bridgehead atoms. The van der Waals surface area contributed by atoms with Crippen molar-refractivity contribution in [1.29, 1.82) is 0 Å². The van der Waals surface area contributed by atoms with Gasteiger partial charge in [-0.3, -0.25) is 4.79 Å². The van der Waals surface area contributed by atoms with Crippen LogP contribution in [0.2, 0.25) is 5.02 Å². The molecule has 1 heterocycles. The first-order chi connectivity index (χ1) is 15.5. The molecule has 0 fully saturated rings. The molecule has 0 radical (unpaired) electrons. The largest absolute Gasteiger partial charge is 0.341 e. The van der Waals surface area contributed by atoms with Crippen LogP contribution in [0, 0.1) is 0 Å². The quantitative estimate of drug-likeness (QED) is 0.570. The molecule has 2 aromatic carbocycles. The van der Waals surface area contributed by atoms with Crippen molar-refractivity contribution in [1.82, 2.24) is 20.2 Å². The zero-order chi connectivity index (χ0) is 22.5. The van der Waals surface area contributed by atoms with Crippen molar-refractivity contribution in [3.8, 4) is 11.4 Å². The average Bonchev–Trinajstić information content (AvgIpc) is 2.79. The number of halogens is 1. The van der Waals surface area contributed by atoms with Gasteiger partial charge < -0.3 is 10.2 Å². The Morgan fingerprint density at radius 1 is 1.22 bits per heavy atom. The lowest BCUT2D eigenvalue weighted by molar-refractivity contribution is -0.130. The van der Waals surface area contributed by atoms with Gasteiger partial charge in [0.2, 0.25) is 5.91 Å². The van der Waals surface area contributed by atoms with Gasteiger partial charge in [0.05, 0.1) is 0 Å². The van der Waals surface area contributed by atoms with Crippen molar-refractivity contribution in [2.24, 2.45) is 0 Å². The summed E-state index contributed by atoms with van der Waals surface area (Å²) in [6.45, 7) is 2.64. The lowest BCUT2D eigenvalue weighted by Crippen LogP contribution is -2.43. The first kappa shape index (κ1) is 22.4. The van der Waals surface area contributed by atoms with E-state index in [1.54, 1.807) is 4.90 Å². The Hall–Kier alpha value is -2.76. The third-order valence-corrected chi connectivity index (χ3v) is 6.15. The summed E-state index contributed by atoms with van der Waals surface area (Å²) in [6.07, 6.45) is 5.25. The monoisotopic (exact) mass is 448 g/mol. The standard InChI is InChI=1S/C26H29ClN4O/c1-18(13-25(32)31(2)17-19-7-6-10-22(27)14-19)29-23-11-12-24-21(15-23)16-28-26(30-24)20-8-4-3-5-9-20/h3-10,14,16,18,23,29H,11-13,15,17H2,1-2H3. The van der Waals surface area contributed by atoms with Crippen LogP contribution in [-0.4, -0.2) is 39.9 Å². The molecule has 32 heavy (non-hydrogen) atoms. The van der Waals surface area contributed by atoms with Gasteiger partial charge in [0.15, 0.2) is 5.82 Å². The number of nitrogens with one attached hydrogen (secondary N) is 1. The van der Waals surface area contributed by atoms with Crippen LogP contribution in [0.25, 0.3) is 11.4 Å². The van der Waals surface area contributed by atoms with E-state index in [4.69, 9.17) is 16.6 Å². The Kier molecular flexibility index (Phi) is 7.18. The molecule has 0 saturated carbocycles. The van der Waals surface area contributed by atoms with Gasteiger partial charge in [-0.1, -0.05) is 54.1 Å². The normalized spacial score (nSPS) is 16.3. The molecule has 0 saturated heterocycles. The van der Waals surface area contributed by atoms with Gasteiger partial charge in [-0.25, -0.2) is 9.97 Å². The summed E-state index contributed by atoms with van der Waals surface area (Å²) in [7, 11) is 1.84. The third kappa shape index (κ3) is 5.72. The van der Waals surface area contributed by atoms with E-state index in [0.717, 1.165) is 41.9 Å². The van der Waals surface area contributed by atoms with Crippen LogP contribution in [0.3, 0.4) is 0 Å². The minimum absolute atomic E-state index is 0.0976. The number of hydrogen-bond acceptors (Lipinski definition) is 4. The number of benzene rings is 2. The second-order valence-corrected chi connectivity index (χ2v) is 9.06. The Labute approximate surface area is 194 Å². The van der Waals surface area contributed by atoms with Gasteiger partial charge in [0.25, 0.3) is 0 Å². The minimum atomic E-state index is 0.0976. The summed E-state index contributed by atoms with van der Waals surface area (Å²) in [5.41, 5.74) is 4.42. The number of rotatable bonds is 7. The predicted octanol–water partition coefficient (Wildman–Crippen LogP) is 4.68. The highest BCUT2D eigenvalue weighted by Crippen LogP contribution is 2.23. The first-order valence-electron chi connectivity index (χ1n) is 11.1. The molecule has 1 N–H and O–H groups in total. The molecule has 1 aliphatic rings. The summed E-state index contributed by atoms with van der Waals surface area (Å²) < 4.78 is 0. The molecule has 1 aromatic heterocycles. The van der Waals surface area contributed by atoms with Gasteiger partial charge in [-0.15, -0.1) is 0 Å². The highest BCUT2D eigenvalue weighted by molar-refractivity contribution is 6.30. The molecule has 6 heteroatoms. The summed E-state index contributed by atoms with van der Waals surface area (Å²) in [5.74, 6) is 0.912. The molecule has 1 amide bonds. The Bertz CT molecular complexity index is 1070. The van der Waals surface area contributed by atoms with E-state index in [9.17, 15) is 4.79 Å². The topological polar surface area (TPSA) is 58.1 Å². The lowest BCUT2D eigenvalue weighted by atomic mass is 9.92. The molecule has 1 aliphatic carbocycles. The maximum absolute atomic E-state index is 12.7. The van der Waals surface area contributed by atoms with E-state index >= 15 is 0 Å². The van der Waals surface area contributed by atoms with Crippen LogP contribution in [0.1, 0.15) is 36.6 Å². The zero-order valence-electron chi connectivity index (χ0n) is 18.6. The lowest BCUT2D eigenvalue weighted by Gasteiger charge is -2.28. The van der Waals surface area contributed by atoms with Crippen molar-refractivity contribution in [2.45, 2.75) is 51.2 Å². The number of hydrogen-bond donors (Lipinski definition) is 1. The van der Waals surface area contributed by atoms with Gasteiger partial charge >= 0.3 is 0 Å². The smallest absolute Gasteiger partial charge is 0.224 e. The predicted molar refractivity (Wildman–Crippen MR) is 128 cm³/mol. The maximum Gasteiger partial charge on any atom is 0.224 e. The summed E-state index contributed by atoms with van der Waals surface area (Å²) in [6, 6.07) is 18.2. The van der Waals surface area contributed by atoms with E-state index in [2.05, 4.69) is 17.2 Å². The van der Waals surface area contributed by atoms with Crippen LogP contribution in [0.15, 0.2) is 60.8 Å². The number of fused-ring (bicyclic) bond motifs is 1. The van der Waals surface area contributed by atoms with Crippen molar-refractivity contribution in [3.63, 3.8) is 0 Å². The molecule has 0 spiro atoms. The van der Waals surface area contributed by atoms with E-state index in [1.165, 1.54) is 5.56 Å². The molecule has 3 aromatic rings. The van der Waals surface area contributed by atoms with Crippen molar-refractivity contribution in [3.05, 3.63) is 82.6 Å². The zero-order valence-corrected chi connectivity index (χ0v) is 19.3.